The first kappa shape index (κ1) is 18.3. The largest absolute Gasteiger partial charge is 0.416 e. The van der Waals surface area contributed by atoms with E-state index in [9.17, 15) is 22.4 Å². The van der Waals surface area contributed by atoms with E-state index in [0.717, 1.165) is 23.4 Å². The van der Waals surface area contributed by atoms with Gasteiger partial charge in [0.25, 0.3) is 5.91 Å². The van der Waals surface area contributed by atoms with Gasteiger partial charge in [0.2, 0.25) is 0 Å². The number of alkyl halides is 3. The summed E-state index contributed by atoms with van der Waals surface area (Å²) in [6.45, 7) is -0.333. The first-order valence-corrected chi connectivity index (χ1v) is 8.42. The first-order valence-electron chi connectivity index (χ1n) is 7.03. The molecular weight excluding hydrogens is 342 g/mol. The van der Waals surface area contributed by atoms with Gasteiger partial charge in [0, 0.05) is 17.9 Å². The summed E-state index contributed by atoms with van der Waals surface area (Å²) in [5, 5.41) is 2.43. The van der Waals surface area contributed by atoms with Crippen molar-refractivity contribution < 1.29 is 22.4 Å². The molecule has 1 amide bonds. The van der Waals surface area contributed by atoms with Gasteiger partial charge in [-0.3, -0.25) is 4.79 Å². The van der Waals surface area contributed by atoms with Gasteiger partial charge in [0.1, 0.15) is 5.82 Å². The van der Waals surface area contributed by atoms with Crippen LogP contribution in [0.4, 0.5) is 17.6 Å². The monoisotopic (exact) mass is 357 g/mol. The normalized spacial score (nSPS) is 11.4. The standard InChI is InChI=1S/C17H15F4NOS/c1-24-10-11-2-4-12(5-3-11)16(23)22-9-13-6-7-14(18)8-15(13)17(19,20)21/h2-8H,9-10H2,1H3,(H,22,23). The average Bonchev–Trinajstić information content (AvgIpc) is 2.53. The number of halogens is 4. The number of thioether (sulfide) groups is 1. The van der Waals surface area contributed by atoms with Crippen LogP contribution in [0.25, 0.3) is 0 Å². The Morgan fingerprint density at radius 1 is 1.12 bits per heavy atom. The Kier molecular flexibility index (Phi) is 5.88. The van der Waals surface area contributed by atoms with Gasteiger partial charge in [-0.1, -0.05) is 18.2 Å². The van der Waals surface area contributed by atoms with Crippen LogP contribution >= 0.6 is 11.8 Å². The fraction of sp³-hybridized carbons (Fsp3) is 0.235. The summed E-state index contributed by atoms with van der Waals surface area (Å²) in [7, 11) is 0. The topological polar surface area (TPSA) is 29.1 Å². The summed E-state index contributed by atoms with van der Waals surface area (Å²) in [6.07, 6.45) is -2.72. The molecule has 0 spiro atoms. The van der Waals surface area contributed by atoms with Crippen molar-refractivity contribution in [3.05, 3.63) is 70.5 Å². The highest BCUT2D eigenvalue weighted by atomic mass is 32.2. The molecule has 24 heavy (non-hydrogen) atoms. The van der Waals surface area contributed by atoms with Crippen LogP contribution in [0.15, 0.2) is 42.5 Å². The predicted molar refractivity (Wildman–Crippen MR) is 86.2 cm³/mol. The van der Waals surface area contributed by atoms with Crippen molar-refractivity contribution in [3.8, 4) is 0 Å². The van der Waals surface area contributed by atoms with Crippen molar-refractivity contribution in [3.63, 3.8) is 0 Å². The summed E-state index contributed by atoms with van der Waals surface area (Å²) >= 11 is 1.64. The maximum atomic E-state index is 13.1. The van der Waals surface area contributed by atoms with Crippen molar-refractivity contribution in [2.45, 2.75) is 18.5 Å². The fourth-order valence-electron chi connectivity index (χ4n) is 2.16. The molecule has 0 heterocycles. The average molecular weight is 357 g/mol. The van der Waals surface area contributed by atoms with Crippen molar-refractivity contribution in [2.24, 2.45) is 0 Å². The van der Waals surface area contributed by atoms with Crippen LogP contribution in [-0.4, -0.2) is 12.2 Å². The zero-order chi connectivity index (χ0) is 17.7. The molecule has 0 fully saturated rings. The van der Waals surface area contributed by atoms with E-state index in [1.165, 1.54) is 0 Å². The van der Waals surface area contributed by atoms with Crippen LogP contribution in [0.5, 0.6) is 0 Å². The molecule has 0 aliphatic rings. The molecule has 7 heteroatoms. The first-order chi connectivity index (χ1) is 11.3. The molecule has 0 aliphatic carbocycles. The Balaban J connectivity index is 2.09. The third-order valence-corrected chi connectivity index (χ3v) is 3.97. The maximum Gasteiger partial charge on any atom is 0.416 e. The number of nitrogens with one attached hydrogen (secondary N) is 1. The van der Waals surface area contributed by atoms with E-state index >= 15 is 0 Å². The second kappa shape index (κ2) is 7.70. The third-order valence-electron chi connectivity index (χ3n) is 3.34. The Hall–Kier alpha value is -2.02. The molecule has 2 rings (SSSR count). The molecule has 1 N–H and O–H groups in total. The lowest BCUT2D eigenvalue weighted by Gasteiger charge is -2.13. The highest BCUT2D eigenvalue weighted by molar-refractivity contribution is 7.97. The van der Waals surface area contributed by atoms with Gasteiger partial charge < -0.3 is 5.32 Å². The van der Waals surface area contributed by atoms with Crippen molar-refractivity contribution in [1.29, 1.82) is 0 Å². The van der Waals surface area contributed by atoms with E-state index < -0.39 is 23.5 Å². The lowest BCUT2D eigenvalue weighted by Crippen LogP contribution is -2.24. The quantitative estimate of drug-likeness (QED) is 0.790. The van der Waals surface area contributed by atoms with Crippen molar-refractivity contribution >= 4 is 17.7 Å². The van der Waals surface area contributed by atoms with Gasteiger partial charge in [-0.25, -0.2) is 4.39 Å². The van der Waals surface area contributed by atoms with E-state index in [4.69, 9.17) is 0 Å². The second-order valence-corrected chi connectivity index (χ2v) is 5.98. The molecule has 2 aromatic rings. The second-order valence-electron chi connectivity index (χ2n) is 5.11. The van der Waals surface area contributed by atoms with Crippen LogP contribution in [0, 0.1) is 5.82 Å². The lowest BCUT2D eigenvalue weighted by atomic mass is 10.1. The van der Waals surface area contributed by atoms with Crippen molar-refractivity contribution in [1.82, 2.24) is 5.32 Å². The number of rotatable bonds is 5. The van der Waals surface area contributed by atoms with Gasteiger partial charge in [0.05, 0.1) is 5.56 Å². The van der Waals surface area contributed by atoms with Gasteiger partial charge in [-0.2, -0.15) is 24.9 Å². The van der Waals surface area contributed by atoms with Crippen LogP contribution in [0.2, 0.25) is 0 Å². The number of amides is 1. The van der Waals surface area contributed by atoms with Crippen LogP contribution in [0.3, 0.4) is 0 Å². The molecule has 0 atom stereocenters. The summed E-state index contributed by atoms with van der Waals surface area (Å²) in [6, 6.07) is 9.23. The fourth-order valence-corrected chi connectivity index (χ4v) is 2.69. The van der Waals surface area contributed by atoms with E-state index in [1.807, 2.05) is 6.26 Å². The summed E-state index contributed by atoms with van der Waals surface area (Å²) in [5.41, 5.74) is 0.141. The summed E-state index contributed by atoms with van der Waals surface area (Å²) < 4.78 is 51.8. The molecule has 0 saturated heterocycles. The van der Waals surface area contributed by atoms with E-state index in [-0.39, 0.29) is 12.1 Å². The number of benzene rings is 2. The van der Waals surface area contributed by atoms with E-state index in [0.29, 0.717) is 11.6 Å². The highest BCUT2D eigenvalue weighted by Crippen LogP contribution is 2.32. The molecule has 2 nitrogen and oxygen atoms in total. The Morgan fingerprint density at radius 3 is 2.38 bits per heavy atom. The number of hydrogen-bond acceptors (Lipinski definition) is 2. The van der Waals surface area contributed by atoms with Gasteiger partial charge >= 0.3 is 6.18 Å². The molecule has 0 aromatic heterocycles. The molecule has 0 bridgehead atoms. The molecule has 2 aromatic carbocycles. The minimum atomic E-state index is -4.68. The summed E-state index contributed by atoms with van der Waals surface area (Å²) in [5.74, 6) is -0.642. The minimum absolute atomic E-state index is 0.184. The minimum Gasteiger partial charge on any atom is -0.348 e. The lowest BCUT2D eigenvalue weighted by molar-refractivity contribution is -0.138. The highest BCUT2D eigenvalue weighted by Gasteiger charge is 2.33. The zero-order valence-electron chi connectivity index (χ0n) is 12.8. The zero-order valence-corrected chi connectivity index (χ0v) is 13.6. The Morgan fingerprint density at radius 2 is 1.79 bits per heavy atom. The van der Waals surface area contributed by atoms with Crippen molar-refractivity contribution in [2.75, 3.05) is 6.26 Å². The Labute approximate surface area is 141 Å². The number of carbonyl (C=O) groups excluding carboxylic acids is 1. The van der Waals surface area contributed by atoms with Crippen LogP contribution in [-0.2, 0) is 18.5 Å². The molecule has 128 valence electrons. The molecule has 0 radical (unpaired) electrons. The van der Waals surface area contributed by atoms with E-state index in [2.05, 4.69) is 5.32 Å². The van der Waals surface area contributed by atoms with Crippen LogP contribution < -0.4 is 5.32 Å². The molecule has 0 unspecified atom stereocenters. The van der Waals surface area contributed by atoms with E-state index in [1.54, 1.807) is 36.0 Å². The molecule has 0 aliphatic heterocycles. The number of carbonyl (C=O) groups is 1. The smallest absolute Gasteiger partial charge is 0.348 e. The van der Waals surface area contributed by atoms with Gasteiger partial charge in [-0.15, -0.1) is 0 Å². The summed E-state index contributed by atoms with van der Waals surface area (Å²) in [4.78, 5) is 12.0. The predicted octanol–water partition coefficient (Wildman–Crippen LogP) is 4.64. The third kappa shape index (κ3) is 4.74. The SMILES string of the molecule is CSCc1ccc(C(=O)NCc2ccc(F)cc2C(F)(F)F)cc1. The van der Waals surface area contributed by atoms with Crippen LogP contribution in [0.1, 0.15) is 27.0 Å². The maximum absolute atomic E-state index is 13.1. The van der Waals surface area contributed by atoms with Gasteiger partial charge in [-0.05, 0) is 41.6 Å². The Bertz CT molecular complexity index is 714. The van der Waals surface area contributed by atoms with Gasteiger partial charge in [0.15, 0.2) is 0 Å². The molecule has 0 saturated carbocycles. The number of hydrogen-bond donors (Lipinski definition) is 1. The molecular formula is C17H15F4NOS.